The molecule has 1 aromatic carbocycles. The van der Waals surface area contributed by atoms with Crippen LogP contribution in [0.1, 0.15) is 16.2 Å². The van der Waals surface area contributed by atoms with Crippen molar-refractivity contribution in [2.24, 2.45) is 0 Å². The molecule has 1 aliphatic rings. The summed E-state index contributed by atoms with van der Waals surface area (Å²) >= 11 is 0. The molecule has 0 unspecified atom stereocenters. The summed E-state index contributed by atoms with van der Waals surface area (Å²) in [7, 11) is 0. The van der Waals surface area contributed by atoms with Crippen LogP contribution in [0.15, 0.2) is 24.3 Å². The van der Waals surface area contributed by atoms with Gasteiger partial charge in [0, 0.05) is 39.3 Å². The lowest BCUT2D eigenvalue weighted by atomic mass is 10.2. The first-order valence-electron chi connectivity index (χ1n) is 8.37. The monoisotopic (exact) mass is 422 g/mol. The van der Waals surface area contributed by atoms with Gasteiger partial charge in [-0.2, -0.15) is 13.2 Å². The van der Waals surface area contributed by atoms with Crippen LogP contribution in [0.2, 0.25) is 0 Å². The topological polar surface area (TPSA) is 75.1 Å². The molecule has 0 aliphatic carbocycles. The Balaban J connectivity index is 0.00000280. The van der Waals surface area contributed by atoms with Crippen LogP contribution in [-0.4, -0.2) is 65.1 Å². The lowest BCUT2D eigenvalue weighted by Gasteiger charge is -2.27. The highest BCUT2D eigenvalue weighted by molar-refractivity contribution is 5.93. The van der Waals surface area contributed by atoms with Crippen LogP contribution in [0.5, 0.6) is 0 Å². The molecule has 2 heterocycles. The van der Waals surface area contributed by atoms with Crippen LogP contribution in [0.25, 0.3) is 5.69 Å². The second-order valence-corrected chi connectivity index (χ2v) is 6.00. The first kappa shape index (κ1) is 22.1. The van der Waals surface area contributed by atoms with Crippen LogP contribution >= 0.6 is 12.4 Å². The number of nitrogens with zero attached hydrogens (tertiary/aromatic N) is 4. The zero-order chi connectivity index (χ0) is 19.4. The summed E-state index contributed by atoms with van der Waals surface area (Å²) in [6.07, 6.45) is -4.93. The molecule has 1 saturated heterocycles. The van der Waals surface area contributed by atoms with E-state index in [1.807, 2.05) is 0 Å². The molecule has 1 fully saturated rings. The first-order chi connectivity index (χ1) is 12.9. The fraction of sp³-hybridized carbons (Fsp3) is 0.438. The highest BCUT2D eigenvalue weighted by Crippen LogP contribution is 2.33. The Morgan fingerprint density at radius 2 is 1.89 bits per heavy atom. The van der Waals surface area contributed by atoms with Crippen molar-refractivity contribution in [1.29, 1.82) is 0 Å². The minimum atomic E-state index is -4.93. The maximum atomic E-state index is 13.9. The number of piperazine rings is 1. The van der Waals surface area contributed by atoms with Gasteiger partial charge in [-0.15, -0.1) is 17.5 Å². The van der Waals surface area contributed by atoms with Gasteiger partial charge in [0.25, 0.3) is 5.91 Å². The van der Waals surface area contributed by atoms with E-state index in [0.29, 0.717) is 11.2 Å². The average Bonchev–Trinajstić information content (AvgIpc) is 3.08. The summed E-state index contributed by atoms with van der Waals surface area (Å²) in [5, 5.41) is 12.3. The third kappa shape index (κ3) is 4.97. The highest BCUT2D eigenvalue weighted by atomic mass is 35.5. The number of carbonyl (C=O) groups excluding carboxylic acids is 1. The van der Waals surface area contributed by atoms with Crippen molar-refractivity contribution in [3.8, 4) is 5.69 Å². The van der Waals surface area contributed by atoms with Crippen molar-refractivity contribution in [2.75, 3.05) is 39.3 Å². The molecule has 0 atom stereocenters. The number of amides is 1. The third-order valence-corrected chi connectivity index (χ3v) is 4.16. The van der Waals surface area contributed by atoms with Gasteiger partial charge in [0.2, 0.25) is 0 Å². The number of aromatic nitrogens is 3. The standard InChI is InChI=1S/C16H18F4N6O.ClH/c17-11-3-1-2-4-12(11)26-14(16(18,19)20)13(23-24-26)15(27)22-7-10-25-8-5-21-6-9-25;/h1-4,21H,5-10H2,(H,22,27);1H. The van der Waals surface area contributed by atoms with E-state index in [-0.39, 0.29) is 19.0 Å². The number of nitrogens with one attached hydrogen (secondary N) is 2. The summed E-state index contributed by atoms with van der Waals surface area (Å²) in [5.41, 5.74) is -2.73. The predicted octanol–water partition coefficient (Wildman–Crippen LogP) is 1.48. The SMILES string of the molecule is Cl.O=C(NCCN1CCNCC1)c1nnn(-c2ccccc2F)c1C(F)(F)F. The number of rotatable bonds is 5. The molecule has 7 nitrogen and oxygen atoms in total. The molecular weight excluding hydrogens is 404 g/mol. The van der Waals surface area contributed by atoms with Gasteiger partial charge in [-0.05, 0) is 12.1 Å². The van der Waals surface area contributed by atoms with E-state index in [4.69, 9.17) is 0 Å². The molecule has 0 bridgehead atoms. The second kappa shape index (κ2) is 9.30. The third-order valence-electron chi connectivity index (χ3n) is 4.16. The van der Waals surface area contributed by atoms with Gasteiger partial charge in [0.05, 0.1) is 0 Å². The van der Waals surface area contributed by atoms with Crippen molar-refractivity contribution in [1.82, 2.24) is 30.5 Å². The molecule has 1 aliphatic heterocycles. The average molecular weight is 423 g/mol. The zero-order valence-electron chi connectivity index (χ0n) is 14.7. The number of hydrogen-bond acceptors (Lipinski definition) is 5. The highest BCUT2D eigenvalue weighted by Gasteiger charge is 2.42. The van der Waals surface area contributed by atoms with E-state index in [2.05, 4.69) is 25.8 Å². The minimum Gasteiger partial charge on any atom is -0.349 e. The molecule has 0 spiro atoms. The summed E-state index contributed by atoms with van der Waals surface area (Å²) < 4.78 is 54.7. The Hall–Kier alpha value is -2.24. The number of hydrogen-bond donors (Lipinski definition) is 2. The molecule has 1 aromatic heterocycles. The van der Waals surface area contributed by atoms with Crippen LogP contribution in [0, 0.1) is 5.82 Å². The van der Waals surface area contributed by atoms with Crippen LogP contribution in [-0.2, 0) is 6.18 Å². The fourth-order valence-corrected chi connectivity index (χ4v) is 2.83. The summed E-state index contributed by atoms with van der Waals surface area (Å²) in [4.78, 5) is 14.3. The molecule has 154 valence electrons. The van der Waals surface area contributed by atoms with Crippen LogP contribution < -0.4 is 10.6 Å². The van der Waals surface area contributed by atoms with E-state index in [9.17, 15) is 22.4 Å². The van der Waals surface area contributed by atoms with Gasteiger partial charge in [-0.25, -0.2) is 9.07 Å². The minimum absolute atomic E-state index is 0. The lowest BCUT2D eigenvalue weighted by Crippen LogP contribution is -2.46. The number of carbonyl (C=O) groups is 1. The van der Waals surface area contributed by atoms with E-state index in [1.165, 1.54) is 12.1 Å². The quantitative estimate of drug-likeness (QED) is 0.714. The zero-order valence-corrected chi connectivity index (χ0v) is 15.5. The molecular formula is C16H19ClF4N6O. The summed E-state index contributed by atoms with van der Waals surface area (Å²) in [5.74, 6) is -1.90. The largest absolute Gasteiger partial charge is 0.435 e. The van der Waals surface area contributed by atoms with E-state index < -0.39 is 35.0 Å². The van der Waals surface area contributed by atoms with Gasteiger partial charge in [-0.1, -0.05) is 17.3 Å². The number of alkyl halides is 3. The predicted molar refractivity (Wildman–Crippen MR) is 95.2 cm³/mol. The first-order valence-corrected chi connectivity index (χ1v) is 8.37. The Kier molecular flexibility index (Phi) is 7.33. The maximum absolute atomic E-state index is 13.9. The number of benzene rings is 1. The van der Waals surface area contributed by atoms with Crippen molar-refractivity contribution in [2.45, 2.75) is 6.18 Å². The van der Waals surface area contributed by atoms with Gasteiger partial charge >= 0.3 is 6.18 Å². The fourth-order valence-electron chi connectivity index (χ4n) is 2.83. The Morgan fingerprint density at radius 1 is 1.21 bits per heavy atom. The second-order valence-electron chi connectivity index (χ2n) is 6.00. The summed E-state index contributed by atoms with van der Waals surface area (Å²) in [6.45, 7) is 3.92. The Bertz CT molecular complexity index is 807. The molecule has 12 heteroatoms. The number of para-hydroxylation sites is 1. The smallest absolute Gasteiger partial charge is 0.349 e. The molecule has 28 heavy (non-hydrogen) atoms. The van der Waals surface area contributed by atoms with Crippen molar-refractivity contribution in [3.63, 3.8) is 0 Å². The Morgan fingerprint density at radius 3 is 2.54 bits per heavy atom. The maximum Gasteiger partial charge on any atom is 0.435 e. The van der Waals surface area contributed by atoms with E-state index in [0.717, 1.165) is 38.3 Å². The van der Waals surface area contributed by atoms with Gasteiger partial charge in [0.15, 0.2) is 11.4 Å². The van der Waals surface area contributed by atoms with E-state index >= 15 is 0 Å². The molecule has 2 aromatic rings. The van der Waals surface area contributed by atoms with Crippen molar-refractivity contribution >= 4 is 18.3 Å². The van der Waals surface area contributed by atoms with Crippen molar-refractivity contribution in [3.05, 3.63) is 41.5 Å². The Labute approximate surface area is 164 Å². The van der Waals surface area contributed by atoms with Gasteiger partial charge < -0.3 is 10.6 Å². The molecule has 0 radical (unpaired) electrons. The van der Waals surface area contributed by atoms with Crippen molar-refractivity contribution < 1.29 is 22.4 Å². The van der Waals surface area contributed by atoms with Crippen LogP contribution in [0.4, 0.5) is 17.6 Å². The lowest BCUT2D eigenvalue weighted by molar-refractivity contribution is -0.143. The summed E-state index contributed by atoms with van der Waals surface area (Å²) in [6, 6.07) is 4.84. The van der Waals surface area contributed by atoms with Gasteiger partial charge in [-0.3, -0.25) is 9.69 Å². The normalized spacial score (nSPS) is 15.1. The van der Waals surface area contributed by atoms with E-state index in [1.54, 1.807) is 0 Å². The van der Waals surface area contributed by atoms with Crippen LogP contribution in [0.3, 0.4) is 0 Å². The molecule has 3 rings (SSSR count). The molecule has 2 N–H and O–H groups in total. The molecule has 1 amide bonds. The number of halogens is 5. The van der Waals surface area contributed by atoms with Gasteiger partial charge in [0.1, 0.15) is 11.5 Å². The molecule has 0 saturated carbocycles.